The monoisotopic (exact) mass is 1850 g/mol. The van der Waals surface area contributed by atoms with E-state index < -0.39 is 97.2 Å². The van der Waals surface area contributed by atoms with Gasteiger partial charge in [0.05, 0.1) is 71.7 Å². The second kappa shape index (κ2) is 64.0. The summed E-state index contributed by atoms with van der Waals surface area (Å²) in [4.78, 5) is 117. The lowest BCUT2D eigenvalue weighted by Crippen LogP contribution is -2.55. The minimum Gasteiger partial charge on any atom is -0.497 e. The Morgan fingerprint density at radius 1 is 0.364 bits per heavy atom. The normalized spacial score (nSPS) is 13.8. The van der Waals surface area contributed by atoms with Crippen LogP contribution in [0.5, 0.6) is 23.0 Å². The predicted molar refractivity (Wildman–Crippen MR) is 517 cm³/mol. The molecule has 0 unspecified atom stereocenters. The lowest BCUT2D eigenvalue weighted by molar-refractivity contribution is -0.142. The average Bonchev–Trinajstić information content (AvgIpc) is 0.863. The van der Waals surface area contributed by atoms with Gasteiger partial charge in [-0.3, -0.25) is 24.0 Å². The number of hydrogen-bond acceptors (Lipinski definition) is 21. The van der Waals surface area contributed by atoms with Gasteiger partial charge in [0.2, 0.25) is 17.7 Å². The molecule has 0 bridgehead atoms. The summed E-state index contributed by atoms with van der Waals surface area (Å²) in [6.45, 7) is 50.1. The van der Waals surface area contributed by atoms with Gasteiger partial charge in [-0.25, -0.2) is 24.0 Å². The van der Waals surface area contributed by atoms with E-state index in [9.17, 15) is 53.4 Å². The van der Waals surface area contributed by atoms with E-state index in [2.05, 4.69) is 71.1 Å². The molecule has 31 nitrogen and oxygen atoms in total. The van der Waals surface area contributed by atoms with Crippen LogP contribution >= 0.6 is 0 Å². The number of carbonyl (C=O) groups is 10. The van der Waals surface area contributed by atoms with Crippen LogP contribution in [0, 0.1) is 23.7 Å². The van der Waals surface area contributed by atoms with E-state index >= 15 is 0 Å². The molecule has 7 amide bonds. The Labute approximate surface area is 775 Å². The van der Waals surface area contributed by atoms with Crippen LogP contribution in [0.4, 0.5) is 19.2 Å². The molecule has 0 aromatic heterocycles. The van der Waals surface area contributed by atoms with Gasteiger partial charge in [-0.05, 0) is 257 Å². The van der Waals surface area contributed by atoms with E-state index in [0.29, 0.717) is 58.0 Å². The summed E-state index contributed by atoms with van der Waals surface area (Å²) in [7, 11) is 4.59. The maximum atomic E-state index is 12.8. The predicted octanol–water partition coefficient (Wildman–Crippen LogP) is 17.7. The molecule has 32 heteroatoms. The van der Waals surface area contributed by atoms with Crippen LogP contribution in [0.3, 0.4) is 0 Å². The van der Waals surface area contributed by atoms with Gasteiger partial charge < -0.3 is 106 Å². The SMILES string of the molecule is C.C.C.C.CC(=O)O.CC[C@@H](Cc1ccc(OC)cc1)C(=O)N[C@H](C)[C@@H](CC)NC(=O)OC(C)(C)C.CC[C@@H](Cc1ccc(OC)cc1)C(=O)N[C@H](C)[C@@H](CO)NC(=O)OC(C)(C)C.CC[C@@H](Cc1ccc(OC)cc1)C(=O)N[C@H](C)[C@H](NC(=O)OC(C)(C)C)C(=O)O.CC[C@@H](Cc1ccc(OC)cc1)C(=O)O.C[C@@H](N)[C@@H](CO[Si](C)(C)C(C)(C)C)NC(=O)OC(C)(C)C. The number of methoxy groups -OCH3 is 4. The van der Waals surface area contributed by atoms with E-state index in [4.69, 9.17) is 63.1 Å². The molecule has 0 aliphatic rings. The van der Waals surface area contributed by atoms with Crippen molar-refractivity contribution in [2.45, 2.75) is 349 Å². The molecule has 0 aliphatic carbocycles. The smallest absolute Gasteiger partial charge is 0.408 e. The number of hydrogen-bond donors (Lipinski definition) is 12. The Kier molecular flexibility index (Phi) is 64.4. The second-order valence-corrected chi connectivity index (χ2v) is 40.9. The highest BCUT2D eigenvalue weighted by Gasteiger charge is 2.39. The first-order valence-corrected chi connectivity index (χ1v) is 45.7. The van der Waals surface area contributed by atoms with Gasteiger partial charge >= 0.3 is 36.3 Å². The number of rotatable bonds is 37. The zero-order valence-electron chi connectivity index (χ0n) is 80.6. The molecule has 0 heterocycles. The number of carbonyl (C=O) groups excluding carboxylic acids is 7. The summed E-state index contributed by atoms with van der Waals surface area (Å²) in [5.74, 6) is -1.08. The molecular weight excluding hydrogens is 1670 g/mol. The quantitative estimate of drug-likeness (QED) is 0.0147. The number of aliphatic carboxylic acids is 3. The summed E-state index contributed by atoms with van der Waals surface area (Å²) in [5.41, 5.74) is 7.62. The van der Waals surface area contributed by atoms with Crippen molar-refractivity contribution in [1.29, 1.82) is 0 Å². The second-order valence-electron chi connectivity index (χ2n) is 36.1. The molecule has 4 rings (SSSR count). The van der Waals surface area contributed by atoms with Crippen molar-refractivity contribution in [3.8, 4) is 23.0 Å². The number of nitrogens with two attached hydrogens (primary N) is 1. The Hall–Kier alpha value is -9.92. The van der Waals surface area contributed by atoms with Gasteiger partial charge in [0.1, 0.15) is 51.4 Å². The minimum absolute atomic E-state index is 0. The summed E-state index contributed by atoms with van der Waals surface area (Å²) in [5, 5.41) is 54.8. The van der Waals surface area contributed by atoms with Crippen molar-refractivity contribution >= 4 is 68.3 Å². The topological polar surface area (TPSA) is 445 Å². The van der Waals surface area contributed by atoms with Gasteiger partial charge in [0.15, 0.2) is 8.32 Å². The number of aliphatic hydroxyl groups is 1. The van der Waals surface area contributed by atoms with Crippen LogP contribution in [0.1, 0.15) is 257 Å². The van der Waals surface area contributed by atoms with E-state index in [1.54, 1.807) is 76.9 Å². The minimum atomic E-state index is -1.86. The standard InChI is InChI=1S/C22H36N2O4.C21H32N2O6.C21H34N2O5.C15H34N2O3Si.C12H16O3.C2H4O2.4CH4/c1-8-17(14-16-10-12-18(27-7)13-11-16)20(25)23-15(3)19(9-2)24-21(26)28-22(4,5)6;1-7-15(12-14-8-10-16(28-6)11-9-14)18(24)22-13(2)17(19(25)26)23-20(27)29-21(3,4)5;1-7-16(12-15-8-10-17(27-6)11-9-15)19(25)22-14(2)18(13-24)23-20(26)28-21(3,4)5;1-11(16)12(17-13(18)20-14(2,3)4)10-19-21(8,9)15(5,6)7;1-3-10(12(13)14)8-9-4-6-11(15-2)7-5-9;1-2(3)4;;;;/h10-13,15,17,19H,8-9,14H2,1-7H3,(H,23,25)(H,24,26);8-11,13,15,17H,7,12H2,1-6H3,(H,22,24)(H,23,27)(H,25,26);8-11,14,16,18,24H,7,12-13H2,1-6H3,(H,22,25)(H,23,26);11-12H,10,16H2,1-9H3,(H,17,18);4-7,10H,3,8H2,1-2H3,(H,13,14);1H3,(H,3,4);4*1H4/t15-,17+,19-;13-,15+,17+;14-,16+,18-;11-,12-;10-;;;;;/m11110...../s1. The fraction of sp³-hybridized carbons (Fsp3) is 0.649. The Morgan fingerprint density at radius 3 is 0.822 bits per heavy atom. The van der Waals surface area contributed by atoms with Crippen molar-refractivity contribution in [1.82, 2.24) is 37.2 Å². The molecule has 0 fully saturated rings. The summed E-state index contributed by atoms with van der Waals surface area (Å²) in [6.07, 6.45) is 3.29. The van der Waals surface area contributed by atoms with Gasteiger partial charge in [-0.1, -0.05) is 134 Å². The van der Waals surface area contributed by atoms with Crippen LogP contribution < -0.4 is 61.9 Å². The molecule has 0 radical (unpaired) electrons. The highest BCUT2D eigenvalue weighted by atomic mass is 28.4. The van der Waals surface area contributed by atoms with Crippen molar-refractivity contribution in [2.24, 2.45) is 29.4 Å². The molecule has 13 N–H and O–H groups in total. The zero-order valence-corrected chi connectivity index (χ0v) is 81.6. The van der Waals surface area contributed by atoms with E-state index in [1.165, 1.54) is 6.92 Å². The van der Waals surface area contributed by atoms with Crippen LogP contribution in [0.25, 0.3) is 0 Å². The third-order valence-electron chi connectivity index (χ3n) is 19.6. The first kappa shape index (κ1) is 130. The fourth-order valence-electron chi connectivity index (χ4n) is 11.1. The zero-order chi connectivity index (χ0) is 96.7. The van der Waals surface area contributed by atoms with Gasteiger partial charge in [-0.15, -0.1) is 0 Å². The molecule has 129 heavy (non-hydrogen) atoms. The number of amides is 7. The van der Waals surface area contributed by atoms with Crippen molar-refractivity contribution < 1.29 is 111 Å². The molecule has 742 valence electrons. The maximum absolute atomic E-state index is 12.8. The maximum Gasteiger partial charge on any atom is 0.408 e. The highest BCUT2D eigenvalue weighted by Crippen LogP contribution is 2.37. The number of alkyl carbamates (subject to hydrolysis) is 4. The molecular formula is C97H172N8O23Si. The van der Waals surface area contributed by atoms with E-state index in [1.807, 2.05) is 187 Å². The first-order chi connectivity index (χ1) is 57.7. The molecule has 0 saturated heterocycles. The van der Waals surface area contributed by atoms with Gasteiger partial charge in [0, 0.05) is 42.8 Å². The highest BCUT2D eigenvalue weighted by molar-refractivity contribution is 6.74. The van der Waals surface area contributed by atoms with Crippen molar-refractivity contribution in [2.75, 3.05) is 41.7 Å². The molecule has 4 aromatic carbocycles. The largest absolute Gasteiger partial charge is 0.497 e. The summed E-state index contributed by atoms with van der Waals surface area (Å²) in [6, 6.07) is 26.3. The molecule has 4 aromatic rings. The lowest BCUT2D eigenvalue weighted by atomic mass is 9.95. The summed E-state index contributed by atoms with van der Waals surface area (Å²) < 4.78 is 47.5. The Balaban J connectivity index is -0.000000364. The van der Waals surface area contributed by atoms with Crippen LogP contribution in [0.15, 0.2) is 97.1 Å². The van der Waals surface area contributed by atoms with E-state index in [-0.39, 0.29) is 107 Å². The summed E-state index contributed by atoms with van der Waals surface area (Å²) >= 11 is 0. The average molecular weight is 1850 g/mol. The number of carboxylic acids is 3. The van der Waals surface area contributed by atoms with Gasteiger partial charge in [-0.2, -0.15) is 0 Å². The van der Waals surface area contributed by atoms with Crippen LogP contribution in [-0.4, -0.2) is 201 Å². The number of ether oxygens (including phenoxy) is 8. The molecule has 0 saturated carbocycles. The molecule has 12 atom stereocenters. The Morgan fingerprint density at radius 2 is 0.605 bits per heavy atom. The third kappa shape index (κ3) is 58.4. The van der Waals surface area contributed by atoms with Crippen molar-refractivity contribution in [3.63, 3.8) is 0 Å². The van der Waals surface area contributed by atoms with Crippen molar-refractivity contribution in [3.05, 3.63) is 119 Å². The molecule has 0 aliphatic heterocycles. The van der Waals surface area contributed by atoms with Gasteiger partial charge in [0.25, 0.3) is 5.97 Å². The molecule has 0 spiro atoms. The third-order valence-corrected chi connectivity index (χ3v) is 24.1. The lowest BCUT2D eigenvalue weighted by Gasteiger charge is -2.38. The first-order valence-electron chi connectivity index (χ1n) is 42.8. The number of nitrogens with one attached hydrogen (secondary N) is 7. The van der Waals surface area contributed by atoms with E-state index in [0.717, 1.165) is 58.6 Å². The Bertz CT molecular complexity index is 3700. The number of benzene rings is 4. The fourth-order valence-corrected chi connectivity index (χ4v) is 12.2. The van der Waals surface area contributed by atoms with Crippen LogP contribution in [-0.2, 0) is 77.8 Å². The number of aliphatic hydroxyl groups excluding tert-OH is 1. The van der Waals surface area contributed by atoms with Crippen LogP contribution in [0.2, 0.25) is 18.1 Å². The number of carboxylic acid groups (broad SMARTS) is 3.